The Morgan fingerprint density at radius 3 is 2.39 bits per heavy atom. The maximum atomic E-state index is 12.3. The van der Waals surface area contributed by atoms with Crippen LogP contribution in [0.5, 0.6) is 0 Å². The molecule has 2 aromatic rings. The zero-order valence-electron chi connectivity index (χ0n) is 16.5. The second-order valence-electron chi connectivity index (χ2n) is 8.05. The van der Waals surface area contributed by atoms with Crippen LogP contribution in [0, 0.1) is 5.41 Å². The van der Waals surface area contributed by atoms with E-state index < -0.39 is 11.4 Å². The number of fused-ring (bicyclic) bond motifs is 1. The average Bonchev–Trinajstić information content (AvgIpc) is 3.10. The highest BCUT2D eigenvalue weighted by Gasteiger charge is 2.22. The summed E-state index contributed by atoms with van der Waals surface area (Å²) >= 11 is 1.47. The molecule has 0 radical (unpaired) electrons. The number of carbonyl (C=O) groups is 3. The molecule has 0 fully saturated rings. The molecule has 3 rings (SSSR count). The van der Waals surface area contributed by atoms with Gasteiger partial charge in [0.15, 0.2) is 12.4 Å². The van der Waals surface area contributed by atoms with Crippen molar-refractivity contribution in [1.82, 2.24) is 0 Å². The van der Waals surface area contributed by atoms with Crippen molar-refractivity contribution in [3.05, 3.63) is 51.2 Å². The fraction of sp³-hybridized carbons (Fsp3) is 0.409. The number of esters is 1. The molecule has 0 atom stereocenters. The fourth-order valence-corrected chi connectivity index (χ4v) is 4.08. The van der Waals surface area contributed by atoms with Crippen molar-refractivity contribution in [3.63, 3.8) is 0 Å². The number of ether oxygens (including phenoxy) is 1. The number of thiophene rings is 1. The number of rotatable bonds is 5. The van der Waals surface area contributed by atoms with Crippen LogP contribution in [0.25, 0.3) is 0 Å². The molecule has 1 aromatic carbocycles. The van der Waals surface area contributed by atoms with E-state index in [9.17, 15) is 14.4 Å². The van der Waals surface area contributed by atoms with Gasteiger partial charge in [-0.15, -0.1) is 11.3 Å². The van der Waals surface area contributed by atoms with Gasteiger partial charge in [-0.05, 0) is 61.6 Å². The molecule has 0 bridgehead atoms. The highest BCUT2D eigenvalue weighted by molar-refractivity contribution is 7.14. The third-order valence-electron chi connectivity index (χ3n) is 4.68. The first-order valence-electron chi connectivity index (χ1n) is 9.47. The van der Waals surface area contributed by atoms with Gasteiger partial charge in [0.25, 0.3) is 0 Å². The number of Topliss-reactive ketones (excluding diaryl/α,β-unsaturated/α-hetero) is 1. The summed E-state index contributed by atoms with van der Waals surface area (Å²) in [5.74, 6) is -0.815. The first kappa shape index (κ1) is 20.3. The zero-order valence-corrected chi connectivity index (χ0v) is 17.3. The molecule has 28 heavy (non-hydrogen) atoms. The van der Waals surface area contributed by atoms with E-state index in [0.717, 1.165) is 25.7 Å². The molecule has 1 aliphatic rings. The topological polar surface area (TPSA) is 72.5 Å². The smallest absolute Gasteiger partial charge is 0.348 e. The summed E-state index contributed by atoms with van der Waals surface area (Å²) in [6, 6.07) is 8.49. The van der Waals surface area contributed by atoms with Crippen LogP contribution in [0.1, 0.15) is 64.1 Å². The Morgan fingerprint density at radius 1 is 1.07 bits per heavy atom. The quantitative estimate of drug-likeness (QED) is 0.587. The number of anilines is 1. The minimum Gasteiger partial charge on any atom is -0.453 e. The highest BCUT2D eigenvalue weighted by atomic mass is 32.1. The third kappa shape index (κ3) is 4.87. The average molecular weight is 400 g/mol. The van der Waals surface area contributed by atoms with Crippen LogP contribution in [-0.4, -0.2) is 24.3 Å². The molecular weight excluding hydrogens is 374 g/mol. The predicted octanol–water partition coefficient (Wildman–Crippen LogP) is 4.65. The maximum absolute atomic E-state index is 12.3. The van der Waals surface area contributed by atoms with Crippen LogP contribution in [0.2, 0.25) is 0 Å². The molecule has 0 saturated carbocycles. The van der Waals surface area contributed by atoms with E-state index in [-0.39, 0.29) is 18.3 Å². The van der Waals surface area contributed by atoms with Crippen LogP contribution >= 0.6 is 11.3 Å². The molecule has 148 valence electrons. The Hall–Kier alpha value is -2.47. The largest absolute Gasteiger partial charge is 0.453 e. The number of amides is 1. The highest BCUT2D eigenvalue weighted by Crippen LogP contribution is 2.30. The van der Waals surface area contributed by atoms with Gasteiger partial charge in [-0.25, -0.2) is 4.79 Å². The molecule has 1 heterocycles. The van der Waals surface area contributed by atoms with E-state index in [1.807, 2.05) is 26.8 Å². The summed E-state index contributed by atoms with van der Waals surface area (Å²) in [6.07, 6.45) is 4.34. The second-order valence-corrected chi connectivity index (χ2v) is 9.18. The monoisotopic (exact) mass is 399 g/mol. The summed E-state index contributed by atoms with van der Waals surface area (Å²) in [5, 5.41) is 2.81. The molecular formula is C22H25NO4S. The van der Waals surface area contributed by atoms with Crippen LogP contribution in [0.15, 0.2) is 30.3 Å². The SMILES string of the molecule is CC(C)(C)C(=O)Nc1ccc(C(=O)COC(=O)c2cc3c(s2)CCCC3)cc1. The molecule has 6 heteroatoms. The van der Waals surface area contributed by atoms with E-state index in [0.29, 0.717) is 16.1 Å². The van der Waals surface area contributed by atoms with Gasteiger partial charge >= 0.3 is 5.97 Å². The summed E-state index contributed by atoms with van der Waals surface area (Å²) in [6.45, 7) is 5.20. The molecule has 1 aromatic heterocycles. The van der Waals surface area contributed by atoms with Gasteiger partial charge < -0.3 is 10.1 Å². The molecule has 0 unspecified atom stereocenters. The number of carbonyl (C=O) groups excluding carboxylic acids is 3. The van der Waals surface area contributed by atoms with Crippen molar-refractivity contribution < 1.29 is 19.1 Å². The summed E-state index contributed by atoms with van der Waals surface area (Å²) < 4.78 is 5.21. The molecule has 0 spiro atoms. The van der Waals surface area contributed by atoms with E-state index in [1.54, 1.807) is 24.3 Å². The van der Waals surface area contributed by atoms with Crippen molar-refractivity contribution in [1.29, 1.82) is 0 Å². The molecule has 1 N–H and O–H groups in total. The normalized spacial score (nSPS) is 13.5. The Bertz CT molecular complexity index is 867. The summed E-state index contributed by atoms with van der Waals surface area (Å²) in [5.41, 5.74) is 1.80. The number of ketones is 1. The lowest BCUT2D eigenvalue weighted by Crippen LogP contribution is -2.27. The second kappa shape index (κ2) is 8.27. The number of nitrogens with one attached hydrogen (secondary N) is 1. The van der Waals surface area contributed by atoms with E-state index >= 15 is 0 Å². The van der Waals surface area contributed by atoms with Gasteiger partial charge in [-0.1, -0.05) is 20.8 Å². The van der Waals surface area contributed by atoms with Crippen LogP contribution in [-0.2, 0) is 22.4 Å². The van der Waals surface area contributed by atoms with Gasteiger partial charge in [-0.3, -0.25) is 9.59 Å². The van der Waals surface area contributed by atoms with Gasteiger partial charge in [0, 0.05) is 21.5 Å². The Labute approximate surface area is 169 Å². The van der Waals surface area contributed by atoms with E-state index in [1.165, 1.54) is 21.8 Å². The van der Waals surface area contributed by atoms with Gasteiger partial charge in [0.2, 0.25) is 5.91 Å². The lowest BCUT2D eigenvalue weighted by atomic mass is 9.95. The van der Waals surface area contributed by atoms with Crippen molar-refractivity contribution in [3.8, 4) is 0 Å². The van der Waals surface area contributed by atoms with Crippen molar-refractivity contribution >= 4 is 34.7 Å². The predicted molar refractivity (Wildman–Crippen MR) is 110 cm³/mol. The Balaban J connectivity index is 1.55. The van der Waals surface area contributed by atoms with Gasteiger partial charge in [0.05, 0.1) is 0 Å². The number of hydrogen-bond acceptors (Lipinski definition) is 5. The molecule has 0 saturated heterocycles. The van der Waals surface area contributed by atoms with E-state index in [2.05, 4.69) is 5.32 Å². The maximum Gasteiger partial charge on any atom is 0.348 e. The van der Waals surface area contributed by atoms with Crippen molar-refractivity contribution in [2.45, 2.75) is 46.5 Å². The zero-order chi connectivity index (χ0) is 20.3. The minimum absolute atomic E-state index is 0.0980. The van der Waals surface area contributed by atoms with Crippen molar-refractivity contribution in [2.24, 2.45) is 5.41 Å². The van der Waals surface area contributed by atoms with Gasteiger partial charge in [0.1, 0.15) is 4.88 Å². The number of aryl methyl sites for hydroxylation is 2. The van der Waals surface area contributed by atoms with Crippen LogP contribution in [0.4, 0.5) is 5.69 Å². The molecule has 1 aliphatic carbocycles. The third-order valence-corrected chi connectivity index (χ3v) is 5.90. The van der Waals surface area contributed by atoms with E-state index in [4.69, 9.17) is 4.74 Å². The Morgan fingerprint density at radius 2 is 1.75 bits per heavy atom. The molecule has 1 amide bonds. The minimum atomic E-state index is -0.496. The standard InChI is InChI=1S/C22H25NO4S/c1-22(2,3)21(26)23-16-10-8-14(9-11-16)17(24)13-27-20(25)19-12-15-6-4-5-7-18(15)28-19/h8-12H,4-7,13H2,1-3H3,(H,23,26). The molecule has 0 aliphatic heterocycles. The van der Waals surface area contributed by atoms with Gasteiger partial charge in [-0.2, -0.15) is 0 Å². The van der Waals surface area contributed by atoms with Crippen LogP contribution < -0.4 is 5.32 Å². The first-order chi connectivity index (χ1) is 13.2. The van der Waals surface area contributed by atoms with Crippen LogP contribution in [0.3, 0.4) is 0 Å². The fourth-order valence-electron chi connectivity index (χ4n) is 2.93. The first-order valence-corrected chi connectivity index (χ1v) is 10.3. The Kier molecular flexibility index (Phi) is 5.98. The lowest BCUT2D eigenvalue weighted by molar-refractivity contribution is -0.123. The van der Waals surface area contributed by atoms with Crippen molar-refractivity contribution in [2.75, 3.05) is 11.9 Å². The number of benzene rings is 1. The molecule has 5 nitrogen and oxygen atoms in total. The summed E-state index contributed by atoms with van der Waals surface area (Å²) in [4.78, 5) is 38.4. The summed E-state index contributed by atoms with van der Waals surface area (Å²) in [7, 11) is 0. The lowest BCUT2D eigenvalue weighted by Gasteiger charge is -2.17. The number of hydrogen-bond donors (Lipinski definition) is 1.